The smallest absolute Gasteiger partial charge is 0.234 e. The topological polar surface area (TPSA) is 118 Å². The van der Waals surface area contributed by atoms with Crippen LogP contribution < -0.4 is 20.3 Å². The molecule has 1 amide bonds. The average molecular weight is 499 g/mol. The number of halogens is 1. The van der Waals surface area contributed by atoms with Crippen LogP contribution in [0.1, 0.15) is 11.3 Å². The van der Waals surface area contributed by atoms with Gasteiger partial charge in [0.1, 0.15) is 17.0 Å². The normalized spacial score (nSPS) is 11.0. The molecule has 34 heavy (non-hydrogen) atoms. The van der Waals surface area contributed by atoms with E-state index in [9.17, 15) is 4.79 Å². The summed E-state index contributed by atoms with van der Waals surface area (Å²) in [5.74, 6) is 0.888. The molecule has 0 bridgehead atoms. The number of ether oxygens (including phenoxy) is 2. The largest absolute Gasteiger partial charge is 0.497 e. The lowest BCUT2D eigenvalue weighted by Gasteiger charge is -2.15. The Morgan fingerprint density at radius 2 is 2.00 bits per heavy atom. The molecule has 176 valence electrons. The molecule has 0 aliphatic rings. The van der Waals surface area contributed by atoms with Gasteiger partial charge in [0.15, 0.2) is 10.8 Å². The van der Waals surface area contributed by atoms with Gasteiger partial charge in [-0.3, -0.25) is 19.9 Å². The van der Waals surface area contributed by atoms with Gasteiger partial charge in [-0.15, -0.1) is 0 Å². The van der Waals surface area contributed by atoms with Crippen molar-refractivity contribution in [3.05, 3.63) is 58.2 Å². The number of fused-ring (bicyclic) bond motifs is 1. The molecule has 0 aliphatic heterocycles. The number of aromatic nitrogens is 4. The third-order valence-corrected chi connectivity index (χ3v) is 6.55. The van der Waals surface area contributed by atoms with E-state index in [4.69, 9.17) is 26.5 Å². The van der Waals surface area contributed by atoms with E-state index in [0.29, 0.717) is 44.1 Å². The summed E-state index contributed by atoms with van der Waals surface area (Å²) in [4.78, 5) is 17.4. The van der Waals surface area contributed by atoms with Crippen LogP contribution in [0.3, 0.4) is 0 Å². The van der Waals surface area contributed by atoms with Crippen LogP contribution in [0.25, 0.3) is 16.7 Å². The van der Waals surface area contributed by atoms with E-state index in [1.54, 1.807) is 35.9 Å². The summed E-state index contributed by atoms with van der Waals surface area (Å²) in [6, 6.07) is 10.7. The van der Waals surface area contributed by atoms with Crippen LogP contribution in [0.2, 0.25) is 5.02 Å². The monoisotopic (exact) mass is 498 g/mol. The first kappa shape index (κ1) is 23.7. The third kappa shape index (κ3) is 4.59. The molecule has 0 fully saturated rings. The number of hydrogen-bond donors (Lipinski definition) is 3. The molecule has 0 spiro atoms. The molecule has 0 atom stereocenters. The van der Waals surface area contributed by atoms with Gasteiger partial charge in [0.05, 0.1) is 36.7 Å². The maximum atomic E-state index is 12.8. The minimum Gasteiger partial charge on any atom is -0.497 e. The number of hydrogen-bond acceptors (Lipinski definition) is 7. The molecule has 0 radical (unpaired) electrons. The Hall–Kier alpha value is -3.50. The van der Waals surface area contributed by atoms with E-state index in [-0.39, 0.29) is 17.1 Å². The van der Waals surface area contributed by atoms with Crippen molar-refractivity contribution in [2.45, 2.75) is 19.0 Å². The standard InChI is InChI=1S/C23H23ClN6O3S/c1-12-5-6-14(9-16(12)24)30-21(25)20-13(2)28-29-22(20)27-23(30)34-11-19(31)26-17-10-15(32-3)7-8-18(17)33-4/h5-10,25H,11H2,1-4H3,(H,26,31)(H,28,29). The first-order valence-electron chi connectivity index (χ1n) is 10.3. The quantitative estimate of drug-likeness (QED) is 0.259. The van der Waals surface area contributed by atoms with Crippen LogP contribution in [0, 0.1) is 19.3 Å². The number of thioether (sulfide) groups is 1. The van der Waals surface area contributed by atoms with Gasteiger partial charge in [-0.2, -0.15) is 5.10 Å². The molecule has 3 N–H and O–H groups in total. The zero-order chi connectivity index (χ0) is 24.4. The van der Waals surface area contributed by atoms with Crippen molar-refractivity contribution >= 4 is 46.0 Å². The van der Waals surface area contributed by atoms with E-state index in [2.05, 4.69) is 20.5 Å². The summed E-state index contributed by atoms with van der Waals surface area (Å²) in [5, 5.41) is 20.4. The van der Waals surface area contributed by atoms with Crippen molar-refractivity contribution in [2.75, 3.05) is 25.3 Å². The summed E-state index contributed by atoms with van der Waals surface area (Å²) < 4.78 is 12.2. The second kappa shape index (κ2) is 9.78. The van der Waals surface area contributed by atoms with E-state index in [0.717, 1.165) is 11.3 Å². The molecule has 0 saturated carbocycles. The highest BCUT2D eigenvalue weighted by Crippen LogP contribution is 2.30. The first-order valence-corrected chi connectivity index (χ1v) is 11.6. The minimum atomic E-state index is -0.267. The number of carbonyl (C=O) groups excluding carboxylic acids is 1. The van der Waals surface area contributed by atoms with Crippen LogP contribution in [0.5, 0.6) is 11.5 Å². The molecule has 0 aliphatic carbocycles. The van der Waals surface area contributed by atoms with Crippen LogP contribution in [0.15, 0.2) is 41.6 Å². The third-order valence-electron chi connectivity index (χ3n) is 5.21. The predicted molar refractivity (Wildman–Crippen MR) is 132 cm³/mol. The average Bonchev–Trinajstić information content (AvgIpc) is 3.20. The van der Waals surface area contributed by atoms with Crippen LogP contribution in [-0.2, 0) is 4.79 Å². The van der Waals surface area contributed by atoms with Crippen LogP contribution >= 0.6 is 23.4 Å². The van der Waals surface area contributed by atoms with Crippen molar-refractivity contribution in [1.29, 1.82) is 5.41 Å². The van der Waals surface area contributed by atoms with Gasteiger partial charge in [0.25, 0.3) is 0 Å². The lowest BCUT2D eigenvalue weighted by atomic mass is 10.2. The van der Waals surface area contributed by atoms with Gasteiger partial charge in [-0.05, 0) is 43.7 Å². The Balaban J connectivity index is 1.67. The van der Waals surface area contributed by atoms with Crippen molar-refractivity contribution in [3.8, 4) is 17.2 Å². The molecule has 0 saturated heterocycles. The van der Waals surface area contributed by atoms with E-state index in [1.165, 1.54) is 18.9 Å². The van der Waals surface area contributed by atoms with Gasteiger partial charge in [0.2, 0.25) is 5.91 Å². The molecular weight excluding hydrogens is 476 g/mol. The Labute approximate surface area is 205 Å². The van der Waals surface area contributed by atoms with Crippen molar-refractivity contribution in [1.82, 2.24) is 19.7 Å². The molecule has 2 aromatic heterocycles. The number of anilines is 1. The van der Waals surface area contributed by atoms with Gasteiger partial charge in [-0.1, -0.05) is 29.4 Å². The van der Waals surface area contributed by atoms with Gasteiger partial charge < -0.3 is 14.8 Å². The fourth-order valence-electron chi connectivity index (χ4n) is 3.41. The predicted octanol–water partition coefficient (Wildman–Crippen LogP) is 4.25. The molecule has 4 aromatic rings. The maximum absolute atomic E-state index is 12.8. The Kier molecular flexibility index (Phi) is 6.80. The molecular formula is C23H23ClN6O3S. The van der Waals surface area contributed by atoms with Gasteiger partial charge in [0, 0.05) is 16.8 Å². The second-order valence-corrected chi connectivity index (χ2v) is 8.81. The maximum Gasteiger partial charge on any atom is 0.234 e. The summed E-state index contributed by atoms with van der Waals surface area (Å²) in [5.41, 5.74) is 3.44. The second-order valence-electron chi connectivity index (χ2n) is 7.46. The number of methoxy groups -OCH3 is 2. The number of aromatic amines is 1. The molecule has 4 rings (SSSR count). The van der Waals surface area contributed by atoms with Crippen molar-refractivity contribution in [3.63, 3.8) is 0 Å². The highest BCUT2D eigenvalue weighted by molar-refractivity contribution is 7.99. The van der Waals surface area contributed by atoms with Gasteiger partial charge >= 0.3 is 0 Å². The number of amides is 1. The number of carbonyl (C=O) groups is 1. The fourth-order valence-corrected chi connectivity index (χ4v) is 4.40. The lowest BCUT2D eigenvalue weighted by molar-refractivity contribution is -0.113. The number of H-pyrrole nitrogens is 1. The SMILES string of the molecule is COc1ccc(OC)c(NC(=O)CSc2nc3n[nH]c(C)c3c(=N)n2-c2ccc(C)c(Cl)c2)c1. The molecule has 11 heteroatoms. The molecule has 0 unspecified atom stereocenters. The number of aryl methyl sites for hydroxylation is 2. The highest BCUT2D eigenvalue weighted by atomic mass is 35.5. The highest BCUT2D eigenvalue weighted by Gasteiger charge is 2.17. The van der Waals surface area contributed by atoms with Crippen LogP contribution in [0.4, 0.5) is 5.69 Å². The lowest BCUT2D eigenvalue weighted by Crippen LogP contribution is -2.23. The van der Waals surface area contributed by atoms with E-state index >= 15 is 0 Å². The molecule has 2 aromatic carbocycles. The summed E-state index contributed by atoms with van der Waals surface area (Å²) in [6.45, 7) is 3.75. The number of nitrogens with one attached hydrogen (secondary N) is 3. The van der Waals surface area contributed by atoms with E-state index < -0.39 is 0 Å². The molecule has 2 heterocycles. The Morgan fingerprint density at radius 3 is 2.71 bits per heavy atom. The van der Waals surface area contributed by atoms with Crippen molar-refractivity contribution < 1.29 is 14.3 Å². The number of benzene rings is 2. The minimum absolute atomic E-state index is 0.0430. The fraction of sp³-hybridized carbons (Fsp3) is 0.217. The van der Waals surface area contributed by atoms with Crippen molar-refractivity contribution in [2.24, 2.45) is 0 Å². The first-order chi connectivity index (χ1) is 16.3. The van der Waals surface area contributed by atoms with Crippen LogP contribution in [-0.4, -0.2) is 45.6 Å². The summed E-state index contributed by atoms with van der Waals surface area (Å²) in [7, 11) is 3.08. The summed E-state index contributed by atoms with van der Waals surface area (Å²) >= 11 is 7.55. The Morgan fingerprint density at radius 1 is 1.21 bits per heavy atom. The van der Waals surface area contributed by atoms with Gasteiger partial charge in [-0.25, -0.2) is 4.98 Å². The zero-order valence-electron chi connectivity index (χ0n) is 19.0. The zero-order valence-corrected chi connectivity index (χ0v) is 20.6. The number of nitrogens with zero attached hydrogens (tertiary/aromatic N) is 3. The number of rotatable bonds is 7. The molecule has 9 nitrogen and oxygen atoms in total. The van der Waals surface area contributed by atoms with E-state index in [1.807, 2.05) is 26.0 Å². The summed E-state index contributed by atoms with van der Waals surface area (Å²) in [6.07, 6.45) is 0. The Bertz CT molecular complexity index is 1450.